The summed E-state index contributed by atoms with van der Waals surface area (Å²) < 4.78 is 0. The van der Waals surface area contributed by atoms with Gasteiger partial charge in [0.05, 0.1) is 0 Å². The highest BCUT2D eigenvalue weighted by atomic mass is 35.5. The molecule has 0 bridgehead atoms. The molecule has 4 rings (SSSR count). The van der Waals surface area contributed by atoms with Gasteiger partial charge in [0.15, 0.2) is 0 Å². The molecule has 2 aromatic rings. The Morgan fingerprint density at radius 1 is 1.09 bits per heavy atom. The van der Waals surface area contributed by atoms with Crippen molar-refractivity contribution in [1.29, 1.82) is 0 Å². The molecule has 2 aliphatic heterocycles. The fraction of sp³-hybridized carbons (Fsp3) is 0.421. The molecule has 0 amide bonds. The second kappa shape index (κ2) is 7.00. The van der Waals surface area contributed by atoms with Crippen LogP contribution in [-0.2, 0) is 6.54 Å². The lowest BCUT2D eigenvalue weighted by Crippen LogP contribution is -2.28. The first-order chi connectivity index (χ1) is 10.8. The van der Waals surface area contributed by atoms with Crippen molar-refractivity contribution in [1.82, 2.24) is 15.2 Å². The number of rotatable bonds is 3. The van der Waals surface area contributed by atoms with Gasteiger partial charge in [-0.05, 0) is 66.2 Å². The first kappa shape index (κ1) is 16.4. The van der Waals surface area contributed by atoms with E-state index in [0.29, 0.717) is 5.41 Å². The molecule has 4 heteroatoms. The average molecular weight is 330 g/mol. The molecular formula is C19H24ClN3. The molecule has 1 unspecified atom stereocenters. The molecule has 23 heavy (non-hydrogen) atoms. The summed E-state index contributed by atoms with van der Waals surface area (Å²) >= 11 is 0. The summed E-state index contributed by atoms with van der Waals surface area (Å²) in [4.78, 5) is 6.73. The Bertz CT molecular complexity index is 638. The van der Waals surface area contributed by atoms with Crippen molar-refractivity contribution >= 4 is 12.4 Å². The molecule has 3 heterocycles. The minimum absolute atomic E-state index is 0. The van der Waals surface area contributed by atoms with Crippen LogP contribution in [0.3, 0.4) is 0 Å². The highest BCUT2D eigenvalue weighted by Crippen LogP contribution is 2.36. The number of halogens is 1. The van der Waals surface area contributed by atoms with Crippen LogP contribution in [-0.4, -0.2) is 36.1 Å². The number of nitrogens with zero attached hydrogens (tertiary/aromatic N) is 2. The number of aromatic nitrogens is 1. The standard InChI is InChI=1S/C19H23N3.ClH/c1-2-16(12-18(3-1)17-4-8-20-9-5-17)13-22-11-7-19(15-22)6-10-21-14-19;/h1-5,8-9,12,21H,6-7,10-11,13-15H2;1H. The highest BCUT2D eigenvalue weighted by molar-refractivity contribution is 5.85. The van der Waals surface area contributed by atoms with Crippen LogP contribution < -0.4 is 5.32 Å². The van der Waals surface area contributed by atoms with E-state index in [1.54, 1.807) is 0 Å². The maximum Gasteiger partial charge on any atom is 0.0273 e. The lowest BCUT2D eigenvalue weighted by molar-refractivity contribution is 0.269. The van der Waals surface area contributed by atoms with Crippen molar-refractivity contribution in [3.63, 3.8) is 0 Å². The molecule has 2 saturated heterocycles. The van der Waals surface area contributed by atoms with Crippen molar-refractivity contribution in [2.75, 3.05) is 26.2 Å². The van der Waals surface area contributed by atoms with Crippen LogP contribution in [0.1, 0.15) is 18.4 Å². The van der Waals surface area contributed by atoms with Gasteiger partial charge in [0.25, 0.3) is 0 Å². The molecule has 1 atom stereocenters. The zero-order chi connectivity index (χ0) is 14.8. The second-order valence-corrected chi connectivity index (χ2v) is 6.82. The van der Waals surface area contributed by atoms with E-state index in [1.807, 2.05) is 12.4 Å². The normalized spacial score (nSPS) is 24.0. The Balaban J connectivity index is 0.00000156. The highest BCUT2D eigenvalue weighted by Gasteiger charge is 2.39. The lowest BCUT2D eigenvalue weighted by atomic mass is 9.86. The van der Waals surface area contributed by atoms with E-state index in [-0.39, 0.29) is 12.4 Å². The fourth-order valence-corrected chi connectivity index (χ4v) is 3.96. The van der Waals surface area contributed by atoms with E-state index >= 15 is 0 Å². The fourth-order valence-electron chi connectivity index (χ4n) is 3.96. The Kier molecular flexibility index (Phi) is 5.00. The zero-order valence-electron chi connectivity index (χ0n) is 13.4. The molecule has 1 N–H and O–H groups in total. The minimum Gasteiger partial charge on any atom is -0.316 e. The Morgan fingerprint density at radius 3 is 2.74 bits per heavy atom. The van der Waals surface area contributed by atoms with E-state index in [9.17, 15) is 0 Å². The maximum atomic E-state index is 4.10. The van der Waals surface area contributed by atoms with Crippen molar-refractivity contribution in [2.24, 2.45) is 5.41 Å². The van der Waals surface area contributed by atoms with Gasteiger partial charge in [0.1, 0.15) is 0 Å². The molecule has 1 aromatic heterocycles. The summed E-state index contributed by atoms with van der Waals surface area (Å²) in [6.07, 6.45) is 6.42. The summed E-state index contributed by atoms with van der Waals surface area (Å²) in [5, 5.41) is 3.54. The van der Waals surface area contributed by atoms with Crippen LogP contribution in [0, 0.1) is 5.41 Å². The van der Waals surface area contributed by atoms with Crippen LogP contribution in [0.15, 0.2) is 48.8 Å². The number of hydrogen-bond donors (Lipinski definition) is 1. The predicted octanol–water partition coefficient (Wildman–Crippen LogP) is 3.36. The zero-order valence-corrected chi connectivity index (χ0v) is 14.2. The topological polar surface area (TPSA) is 28.2 Å². The summed E-state index contributed by atoms with van der Waals surface area (Å²) in [7, 11) is 0. The molecule has 2 fully saturated rings. The summed E-state index contributed by atoms with van der Waals surface area (Å²) in [6, 6.07) is 13.1. The Morgan fingerprint density at radius 2 is 1.96 bits per heavy atom. The van der Waals surface area contributed by atoms with E-state index in [2.05, 4.69) is 51.6 Å². The van der Waals surface area contributed by atoms with Crippen molar-refractivity contribution in [3.05, 3.63) is 54.4 Å². The Hall–Kier alpha value is -1.42. The third-order valence-corrected chi connectivity index (χ3v) is 5.20. The lowest BCUT2D eigenvalue weighted by Gasteiger charge is -2.23. The summed E-state index contributed by atoms with van der Waals surface area (Å²) in [5.74, 6) is 0. The van der Waals surface area contributed by atoms with Crippen molar-refractivity contribution in [2.45, 2.75) is 19.4 Å². The van der Waals surface area contributed by atoms with Crippen LogP contribution in [0.5, 0.6) is 0 Å². The predicted molar refractivity (Wildman–Crippen MR) is 96.7 cm³/mol. The molecule has 122 valence electrons. The van der Waals surface area contributed by atoms with E-state index < -0.39 is 0 Å². The molecule has 1 spiro atoms. The number of hydrogen-bond acceptors (Lipinski definition) is 3. The average Bonchev–Trinajstić information content (AvgIpc) is 3.19. The van der Waals surface area contributed by atoms with Crippen LogP contribution >= 0.6 is 12.4 Å². The van der Waals surface area contributed by atoms with Gasteiger partial charge in [0.2, 0.25) is 0 Å². The number of benzene rings is 1. The molecular weight excluding hydrogens is 306 g/mol. The van der Waals surface area contributed by atoms with Crippen LogP contribution in [0.4, 0.5) is 0 Å². The molecule has 2 aliphatic rings. The van der Waals surface area contributed by atoms with Crippen LogP contribution in [0.25, 0.3) is 11.1 Å². The van der Waals surface area contributed by atoms with E-state index in [1.165, 1.54) is 55.7 Å². The first-order valence-electron chi connectivity index (χ1n) is 8.26. The SMILES string of the molecule is Cl.c1cc(CN2CCC3(CCNC3)C2)cc(-c2ccncc2)c1. The molecule has 0 saturated carbocycles. The quantitative estimate of drug-likeness (QED) is 0.936. The van der Waals surface area contributed by atoms with E-state index in [0.717, 1.165) is 6.54 Å². The van der Waals surface area contributed by atoms with Gasteiger partial charge < -0.3 is 5.32 Å². The van der Waals surface area contributed by atoms with Gasteiger partial charge in [-0.1, -0.05) is 18.2 Å². The van der Waals surface area contributed by atoms with Crippen molar-refractivity contribution in [3.8, 4) is 11.1 Å². The van der Waals surface area contributed by atoms with Crippen molar-refractivity contribution < 1.29 is 0 Å². The molecule has 0 radical (unpaired) electrons. The van der Waals surface area contributed by atoms with Gasteiger partial charge in [-0.15, -0.1) is 12.4 Å². The molecule has 3 nitrogen and oxygen atoms in total. The maximum absolute atomic E-state index is 4.10. The van der Waals surface area contributed by atoms with Gasteiger partial charge in [0, 0.05) is 32.0 Å². The number of likely N-dealkylation sites (tertiary alicyclic amines) is 1. The third kappa shape index (κ3) is 3.57. The third-order valence-electron chi connectivity index (χ3n) is 5.20. The Labute approximate surface area is 144 Å². The number of nitrogens with one attached hydrogen (secondary N) is 1. The van der Waals surface area contributed by atoms with Crippen LogP contribution in [0.2, 0.25) is 0 Å². The molecule has 0 aliphatic carbocycles. The summed E-state index contributed by atoms with van der Waals surface area (Å²) in [6.45, 7) is 5.97. The monoisotopic (exact) mass is 329 g/mol. The van der Waals surface area contributed by atoms with E-state index in [4.69, 9.17) is 0 Å². The summed E-state index contributed by atoms with van der Waals surface area (Å²) in [5.41, 5.74) is 4.51. The van der Waals surface area contributed by atoms with Gasteiger partial charge in [-0.2, -0.15) is 0 Å². The van der Waals surface area contributed by atoms with Gasteiger partial charge in [-0.25, -0.2) is 0 Å². The first-order valence-corrected chi connectivity index (χ1v) is 8.26. The largest absolute Gasteiger partial charge is 0.316 e. The smallest absolute Gasteiger partial charge is 0.0273 e. The second-order valence-electron chi connectivity index (χ2n) is 6.82. The number of pyridine rings is 1. The minimum atomic E-state index is 0. The van der Waals surface area contributed by atoms with Gasteiger partial charge in [-0.3, -0.25) is 9.88 Å². The van der Waals surface area contributed by atoms with Gasteiger partial charge >= 0.3 is 0 Å². The molecule has 1 aromatic carbocycles.